The van der Waals surface area contributed by atoms with Crippen LogP contribution in [0.1, 0.15) is 43.7 Å². The van der Waals surface area contributed by atoms with Gasteiger partial charge in [0.2, 0.25) is 0 Å². The molecule has 0 amide bonds. The lowest BCUT2D eigenvalue weighted by molar-refractivity contribution is 0.167. The predicted molar refractivity (Wildman–Crippen MR) is 93.8 cm³/mol. The molecule has 5 nitrogen and oxygen atoms in total. The van der Waals surface area contributed by atoms with Gasteiger partial charge in [0.1, 0.15) is 5.75 Å². The van der Waals surface area contributed by atoms with E-state index in [0.717, 1.165) is 18.7 Å². The van der Waals surface area contributed by atoms with Crippen molar-refractivity contribution >= 4 is 5.96 Å². The fourth-order valence-electron chi connectivity index (χ4n) is 3.73. The molecule has 1 saturated carbocycles. The third-order valence-corrected chi connectivity index (χ3v) is 5.31. The first-order valence-corrected chi connectivity index (χ1v) is 8.56. The number of hydrogen-bond donors (Lipinski definition) is 2. The SMILES string of the molecule is CN(C)C1(CN=C(N)NC2CCOc3ccccc32)CCCC1. The van der Waals surface area contributed by atoms with Crippen LogP contribution in [0.25, 0.3) is 0 Å². The number of rotatable bonds is 4. The fourth-order valence-corrected chi connectivity index (χ4v) is 3.73. The maximum absolute atomic E-state index is 6.18. The number of nitrogens with zero attached hydrogens (tertiary/aromatic N) is 2. The number of nitrogens with one attached hydrogen (secondary N) is 1. The molecule has 5 heteroatoms. The van der Waals surface area contributed by atoms with Crippen LogP contribution in [-0.2, 0) is 0 Å². The van der Waals surface area contributed by atoms with E-state index < -0.39 is 0 Å². The van der Waals surface area contributed by atoms with Crippen molar-refractivity contribution in [1.29, 1.82) is 0 Å². The molecule has 2 aliphatic rings. The van der Waals surface area contributed by atoms with Crippen LogP contribution in [0.4, 0.5) is 0 Å². The van der Waals surface area contributed by atoms with Crippen molar-refractivity contribution in [2.45, 2.75) is 43.7 Å². The third kappa shape index (κ3) is 3.44. The average molecular weight is 316 g/mol. The quantitative estimate of drug-likeness (QED) is 0.661. The van der Waals surface area contributed by atoms with E-state index in [2.05, 4.69) is 35.4 Å². The summed E-state index contributed by atoms with van der Waals surface area (Å²) in [7, 11) is 4.30. The van der Waals surface area contributed by atoms with Gasteiger partial charge in [0.15, 0.2) is 5.96 Å². The highest BCUT2D eigenvalue weighted by atomic mass is 16.5. The Morgan fingerprint density at radius 3 is 2.83 bits per heavy atom. The molecule has 1 aliphatic carbocycles. The number of hydrogen-bond acceptors (Lipinski definition) is 3. The number of fused-ring (bicyclic) bond motifs is 1. The van der Waals surface area contributed by atoms with E-state index in [0.29, 0.717) is 12.6 Å². The Balaban J connectivity index is 1.66. The topological polar surface area (TPSA) is 62.9 Å². The maximum Gasteiger partial charge on any atom is 0.189 e. The van der Waals surface area contributed by atoms with Crippen LogP contribution in [0.15, 0.2) is 29.3 Å². The molecule has 0 bridgehead atoms. The van der Waals surface area contributed by atoms with Gasteiger partial charge in [-0.15, -0.1) is 0 Å². The number of aliphatic imine (C=N–C) groups is 1. The van der Waals surface area contributed by atoms with Crippen molar-refractivity contribution in [3.05, 3.63) is 29.8 Å². The molecule has 0 aromatic heterocycles. The van der Waals surface area contributed by atoms with Gasteiger partial charge in [-0.05, 0) is 33.0 Å². The highest BCUT2D eigenvalue weighted by Gasteiger charge is 2.35. The molecule has 1 aliphatic heterocycles. The predicted octanol–water partition coefficient (Wildman–Crippen LogP) is 2.29. The summed E-state index contributed by atoms with van der Waals surface area (Å²) in [5, 5.41) is 3.38. The van der Waals surface area contributed by atoms with E-state index in [4.69, 9.17) is 10.5 Å². The van der Waals surface area contributed by atoms with Crippen molar-refractivity contribution in [3.63, 3.8) is 0 Å². The van der Waals surface area contributed by atoms with Gasteiger partial charge >= 0.3 is 0 Å². The highest BCUT2D eigenvalue weighted by Crippen LogP contribution is 2.34. The molecule has 3 rings (SSSR count). The summed E-state index contributed by atoms with van der Waals surface area (Å²) in [6.45, 7) is 1.48. The first kappa shape index (κ1) is 16.1. The maximum atomic E-state index is 6.18. The zero-order valence-corrected chi connectivity index (χ0v) is 14.2. The van der Waals surface area contributed by atoms with E-state index >= 15 is 0 Å². The Kier molecular flexibility index (Phi) is 4.76. The summed E-state index contributed by atoms with van der Waals surface area (Å²) in [5.74, 6) is 1.49. The summed E-state index contributed by atoms with van der Waals surface area (Å²) in [4.78, 5) is 6.99. The van der Waals surface area contributed by atoms with Crippen LogP contribution in [0, 0.1) is 0 Å². The number of ether oxygens (including phenoxy) is 1. The molecule has 1 aromatic carbocycles. The second-order valence-corrected chi connectivity index (χ2v) is 6.90. The van der Waals surface area contributed by atoms with E-state index in [1.807, 2.05) is 18.2 Å². The van der Waals surface area contributed by atoms with E-state index in [1.54, 1.807) is 0 Å². The van der Waals surface area contributed by atoms with Crippen LogP contribution in [0.5, 0.6) is 5.75 Å². The zero-order chi connectivity index (χ0) is 16.3. The van der Waals surface area contributed by atoms with E-state index in [9.17, 15) is 0 Å². The van der Waals surface area contributed by atoms with Crippen molar-refractivity contribution < 1.29 is 4.74 Å². The average Bonchev–Trinajstić information content (AvgIpc) is 3.04. The van der Waals surface area contributed by atoms with E-state index in [1.165, 1.54) is 31.2 Å². The number of benzene rings is 1. The van der Waals surface area contributed by atoms with Gasteiger partial charge in [-0.3, -0.25) is 4.99 Å². The Hall–Kier alpha value is -1.75. The number of guanidine groups is 1. The smallest absolute Gasteiger partial charge is 0.189 e. The molecule has 1 heterocycles. The summed E-state index contributed by atoms with van der Waals surface area (Å²) < 4.78 is 5.70. The molecular weight excluding hydrogens is 288 g/mol. The van der Waals surface area contributed by atoms with Crippen molar-refractivity contribution in [2.24, 2.45) is 10.7 Å². The van der Waals surface area contributed by atoms with Crippen LogP contribution in [-0.4, -0.2) is 43.6 Å². The molecule has 3 N–H and O–H groups in total. The van der Waals surface area contributed by atoms with Gasteiger partial charge < -0.3 is 20.7 Å². The molecule has 23 heavy (non-hydrogen) atoms. The Morgan fingerprint density at radius 1 is 1.35 bits per heavy atom. The second-order valence-electron chi connectivity index (χ2n) is 6.90. The summed E-state index contributed by atoms with van der Waals surface area (Å²) in [5.41, 5.74) is 7.53. The first-order chi connectivity index (χ1) is 11.1. The highest BCUT2D eigenvalue weighted by molar-refractivity contribution is 5.78. The summed E-state index contributed by atoms with van der Waals surface area (Å²) in [6, 6.07) is 8.32. The molecule has 0 saturated heterocycles. The molecule has 1 aromatic rings. The Morgan fingerprint density at radius 2 is 2.09 bits per heavy atom. The van der Waals surface area contributed by atoms with Crippen LogP contribution < -0.4 is 15.8 Å². The van der Waals surface area contributed by atoms with Gasteiger partial charge in [-0.2, -0.15) is 0 Å². The zero-order valence-electron chi connectivity index (χ0n) is 14.2. The molecule has 1 fully saturated rings. The van der Waals surface area contributed by atoms with Crippen molar-refractivity contribution in [3.8, 4) is 5.75 Å². The molecule has 0 spiro atoms. The largest absolute Gasteiger partial charge is 0.493 e. The molecular formula is C18H28N4O. The lowest BCUT2D eigenvalue weighted by atomic mass is 9.96. The van der Waals surface area contributed by atoms with Gasteiger partial charge in [0, 0.05) is 17.5 Å². The fraction of sp³-hybridized carbons (Fsp3) is 0.611. The number of para-hydroxylation sites is 1. The normalized spacial score (nSPS) is 23.4. The second kappa shape index (κ2) is 6.79. The molecule has 126 valence electrons. The minimum atomic E-state index is 0.180. The molecule has 0 radical (unpaired) electrons. The molecule has 1 unspecified atom stereocenters. The minimum absolute atomic E-state index is 0.180. The van der Waals surface area contributed by atoms with Gasteiger partial charge in [0.25, 0.3) is 0 Å². The van der Waals surface area contributed by atoms with Gasteiger partial charge in [-0.1, -0.05) is 31.0 Å². The molecule has 1 atom stereocenters. The lowest BCUT2D eigenvalue weighted by Crippen LogP contribution is -2.46. The summed E-state index contributed by atoms with van der Waals surface area (Å²) in [6.07, 6.45) is 5.89. The minimum Gasteiger partial charge on any atom is -0.493 e. The first-order valence-electron chi connectivity index (χ1n) is 8.56. The van der Waals surface area contributed by atoms with Crippen LogP contribution in [0.3, 0.4) is 0 Å². The van der Waals surface area contributed by atoms with Crippen LogP contribution in [0.2, 0.25) is 0 Å². The number of nitrogens with two attached hydrogens (primary N) is 1. The van der Waals surface area contributed by atoms with Crippen molar-refractivity contribution in [2.75, 3.05) is 27.2 Å². The summed E-state index contributed by atoms with van der Waals surface area (Å²) >= 11 is 0. The Labute approximate surface area is 138 Å². The van der Waals surface area contributed by atoms with E-state index in [-0.39, 0.29) is 11.6 Å². The standard InChI is InChI=1S/C18H28N4O/c1-22(2)18(10-5-6-11-18)13-20-17(19)21-15-9-12-23-16-8-4-3-7-14(15)16/h3-4,7-8,15H,5-6,9-13H2,1-2H3,(H3,19,20,21). The lowest BCUT2D eigenvalue weighted by Gasteiger charge is -2.35. The Bertz CT molecular complexity index is 564. The van der Waals surface area contributed by atoms with Crippen LogP contribution >= 0.6 is 0 Å². The monoisotopic (exact) mass is 316 g/mol. The van der Waals surface area contributed by atoms with Crippen molar-refractivity contribution in [1.82, 2.24) is 10.2 Å². The van der Waals surface area contributed by atoms with Gasteiger partial charge in [0.05, 0.1) is 19.2 Å². The third-order valence-electron chi connectivity index (χ3n) is 5.31. The van der Waals surface area contributed by atoms with Gasteiger partial charge in [-0.25, -0.2) is 0 Å². The number of likely N-dealkylation sites (N-methyl/N-ethyl adjacent to an activating group) is 1.